The van der Waals surface area contributed by atoms with E-state index in [1.165, 1.54) is 18.3 Å². The molecule has 3 rings (SSSR count). The van der Waals surface area contributed by atoms with E-state index in [2.05, 4.69) is 20.3 Å². The summed E-state index contributed by atoms with van der Waals surface area (Å²) in [5.74, 6) is -0.984. The molecule has 1 aliphatic heterocycles. The summed E-state index contributed by atoms with van der Waals surface area (Å²) in [6, 6.07) is 2.89. The number of nitrogens with zero attached hydrogens (tertiary/aromatic N) is 3. The number of fused-ring (bicyclic) bond motifs is 1. The zero-order valence-corrected chi connectivity index (χ0v) is 11.7. The van der Waals surface area contributed by atoms with E-state index in [1.54, 1.807) is 11.2 Å². The van der Waals surface area contributed by atoms with Crippen molar-refractivity contribution in [1.29, 1.82) is 0 Å². The van der Waals surface area contributed by atoms with Crippen molar-refractivity contribution in [3.05, 3.63) is 41.7 Å². The number of rotatable bonds is 3. The van der Waals surface area contributed by atoms with Crippen molar-refractivity contribution in [2.24, 2.45) is 0 Å². The van der Waals surface area contributed by atoms with Gasteiger partial charge in [0.2, 0.25) is 5.91 Å². The Labute approximate surface area is 126 Å². The van der Waals surface area contributed by atoms with Gasteiger partial charge >= 0.3 is 0 Å². The lowest BCUT2D eigenvalue weighted by atomic mass is 10.1. The number of carbonyl (C=O) groups excluding carboxylic acids is 2. The first kappa shape index (κ1) is 14.1. The van der Waals surface area contributed by atoms with Crippen LogP contribution in [-0.2, 0) is 17.8 Å². The number of nitrogens with one attached hydrogen (secondary N) is 2. The van der Waals surface area contributed by atoms with E-state index in [9.17, 15) is 14.7 Å². The average molecular weight is 301 g/mol. The van der Waals surface area contributed by atoms with E-state index in [0.29, 0.717) is 19.5 Å². The van der Waals surface area contributed by atoms with Crippen LogP contribution < -0.4 is 5.32 Å². The van der Waals surface area contributed by atoms with Gasteiger partial charge in [-0.25, -0.2) is 9.97 Å². The molecule has 0 spiro atoms. The molecule has 1 aliphatic rings. The van der Waals surface area contributed by atoms with Crippen molar-refractivity contribution in [2.75, 3.05) is 13.1 Å². The molecule has 2 amide bonds. The molecule has 0 unspecified atom stereocenters. The van der Waals surface area contributed by atoms with Crippen molar-refractivity contribution in [2.45, 2.75) is 13.0 Å². The third-order valence-electron chi connectivity index (χ3n) is 3.53. The van der Waals surface area contributed by atoms with Crippen LogP contribution in [0.1, 0.15) is 21.9 Å². The molecule has 0 fully saturated rings. The zero-order valence-electron chi connectivity index (χ0n) is 11.7. The van der Waals surface area contributed by atoms with Crippen molar-refractivity contribution in [3.8, 4) is 5.75 Å². The highest BCUT2D eigenvalue weighted by atomic mass is 16.3. The third kappa shape index (κ3) is 2.76. The number of carbonyl (C=O) groups is 2. The van der Waals surface area contributed by atoms with Crippen LogP contribution in [0, 0.1) is 0 Å². The molecule has 3 N–H and O–H groups in total. The third-order valence-corrected chi connectivity index (χ3v) is 3.53. The summed E-state index contributed by atoms with van der Waals surface area (Å²) in [5.41, 5.74) is 1.81. The molecule has 2 aromatic rings. The van der Waals surface area contributed by atoms with Crippen molar-refractivity contribution in [1.82, 2.24) is 25.2 Å². The summed E-state index contributed by atoms with van der Waals surface area (Å²) >= 11 is 0. The lowest BCUT2D eigenvalue weighted by Gasteiger charge is -2.26. The first-order chi connectivity index (χ1) is 10.6. The molecule has 114 valence electrons. The number of hydrogen-bond donors (Lipinski definition) is 3. The highest BCUT2D eigenvalue weighted by Crippen LogP contribution is 2.15. The summed E-state index contributed by atoms with van der Waals surface area (Å²) in [6.07, 6.45) is 3.71. The number of aromatic nitrogens is 3. The summed E-state index contributed by atoms with van der Waals surface area (Å²) in [4.78, 5) is 36.7. The van der Waals surface area contributed by atoms with Crippen LogP contribution in [0.15, 0.2) is 24.7 Å². The van der Waals surface area contributed by atoms with Gasteiger partial charge in [-0.1, -0.05) is 0 Å². The molecule has 0 atom stereocenters. The van der Waals surface area contributed by atoms with Gasteiger partial charge in [-0.15, -0.1) is 0 Å². The Morgan fingerprint density at radius 2 is 2.27 bits per heavy atom. The Morgan fingerprint density at radius 3 is 3.09 bits per heavy atom. The Bertz CT molecular complexity index is 712. The zero-order chi connectivity index (χ0) is 15.5. The number of hydrogen-bond acceptors (Lipinski definition) is 5. The molecule has 0 aromatic carbocycles. The van der Waals surface area contributed by atoms with Gasteiger partial charge in [0.05, 0.1) is 30.8 Å². The van der Waals surface area contributed by atoms with Gasteiger partial charge in [-0.2, -0.15) is 0 Å². The molecule has 0 bridgehead atoms. The van der Waals surface area contributed by atoms with E-state index in [-0.39, 0.29) is 23.9 Å². The largest absolute Gasteiger partial charge is 0.505 e. The van der Waals surface area contributed by atoms with E-state index in [1.807, 2.05) is 0 Å². The quantitative estimate of drug-likeness (QED) is 0.728. The number of imidazole rings is 1. The normalized spacial score (nSPS) is 13.5. The van der Waals surface area contributed by atoms with Crippen LogP contribution >= 0.6 is 0 Å². The molecule has 0 saturated heterocycles. The van der Waals surface area contributed by atoms with Gasteiger partial charge in [-0.3, -0.25) is 9.59 Å². The van der Waals surface area contributed by atoms with Crippen LogP contribution in [0.4, 0.5) is 0 Å². The van der Waals surface area contributed by atoms with Crippen LogP contribution in [0.3, 0.4) is 0 Å². The Hall–Kier alpha value is -2.90. The lowest BCUT2D eigenvalue weighted by Crippen LogP contribution is -2.42. The maximum Gasteiger partial charge on any atom is 0.274 e. The van der Waals surface area contributed by atoms with E-state index in [4.69, 9.17) is 0 Å². The van der Waals surface area contributed by atoms with Crippen LogP contribution in [0.2, 0.25) is 0 Å². The molecule has 0 aliphatic carbocycles. The van der Waals surface area contributed by atoms with Gasteiger partial charge in [0.1, 0.15) is 5.75 Å². The predicted molar refractivity (Wildman–Crippen MR) is 75.9 cm³/mol. The second kappa shape index (κ2) is 5.84. The molecule has 8 nitrogen and oxygen atoms in total. The summed E-state index contributed by atoms with van der Waals surface area (Å²) in [5, 5.41) is 12.0. The average Bonchev–Trinajstić information content (AvgIpc) is 3.00. The van der Waals surface area contributed by atoms with Crippen LogP contribution in [0.5, 0.6) is 5.75 Å². The fourth-order valence-electron chi connectivity index (χ4n) is 2.35. The minimum absolute atomic E-state index is 0.0928. The smallest absolute Gasteiger partial charge is 0.274 e. The second-order valence-corrected chi connectivity index (χ2v) is 4.95. The van der Waals surface area contributed by atoms with E-state index < -0.39 is 5.91 Å². The number of aromatic hydroxyl groups is 1. The van der Waals surface area contributed by atoms with Crippen molar-refractivity contribution < 1.29 is 14.7 Å². The number of aromatic amines is 1. The molecular formula is C14H15N5O3. The van der Waals surface area contributed by atoms with Gasteiger partial charge in [-0.05, 0) is 12.1 Å². The summed E-state index contributed by atoms with van der Waals surface area (Å²) in [7, 11) is 0. The molecule has 0 radical (unpaired) electrons. The molecule has 0 saturated carbocycles. The van der Waals surface area contributed by atoms with Gasteiger partial charge in [0.15, 0.2) is 5.69 Å². The first-order valence-electron chi connectivity index (χ1n) is 6.86. The molecule has 2 aromatic heterocycles. The van der Waals surface area contributed by atoms with Gasteiger partial charge in [0, 0.05) is 19.2 Å². The highest BCUT2D eigenvalue weighted by molar-refractivity contribution is 5.96. The summed E-state index contributed by atoms with van der Waals surface area (Å²) in [6.45, 7) is 0.887. The molecule has 22 heavy (non-hydrogen) atoms. The van der Waals surface area contributed by atoms with Gasteiger partial charge < -0.3 is 20.3 Å². The monoisotopic (exact) mass is 301 g/mol. The van der Waals surface area contributed by atoms with E-state index >= 15 is 0 Å². The van der Waals surface area contributed by atoms with Crippen LogP contribution in [-0.4, -0.2) is 49.9 Å². The number of amides is 2. The first-order valence-corrected chi connectivity index (χ1v) is 6.86. The number of pyridine rings is 1. The van der Waals surface area contributed by atoms with Crippen molar-refractivity contribution in [3.63, 3.8) is 0 Å². The minimum Gasteiger partial charge on any atom is -0.505 e. The second-order valence-electron chi connectivity index (χ2n) is 4.95. The Morgan fingerprint density at radius 1 is 1.41 bits per heavy atom. The molecule has 8 heteroatoms. The maximum atomic E-state index is 12.1. The van der Waals surface area contributed by atoms with Gasteiger partial charge in [0.25, 0.3) is 5.91 Å². The van der Waals surface area contributed by atoms with Crippen molar-refractivity contribution >= 4 is 11.8 Å². The number of H-pyrrole nitrogens is 1. The predicted octanol–water partition coefficient (Wildman–Crippen LogP) is -0.175. The highest BCUT2D eigenvalue weighted by Gasteiger charge is 2.23. The van der Waals surface area contributed by atoms with Crippen LogP contribution in [0.25, 0.3) is 0 Å². The standard InChI is InChI=1S/C14H15N5O3/c20-11-2-1-4-15-13(11)14(22)16-6-12(21)19-5-3-9-10(7-19)18-8-17-9/h1-2,4,8,20H,3,5-7H2,(H,16,22)(H,17,18). The fraction of sp³-hybridized carbons (Fsp3) is 0.286. The Balaban J connectivity index is 1.57. The molecule has 3 heterocycles. The SMILES string of the molecule is O=C(NCC(=O)N1CCc2nc[nH]c2C1)c1ncccc1O. The molecular weight excluding hydrogens is 286 g/mol. The maximum absolute atomic E-state index is 12.1. The lowest BCUT2D eigenvalue weighted by molar-refractivity contribution is -0.131. The summed E-state index contributed by atoms with van der Waals surface area (Å²) < 4.78 is 0. The topological polar surface area (TPSA) is 111 Å². The Kier molecular flexibility index (Phi) is 3.73. The van der Waals surface area contributed by atoms with E-state index in [0.717, 1.165) is 11.4 Å². The fourth-order valence-corrected chi connectivity index (χ4v) is 2.35. The minimum atomic E-state index is -0.578.